The lowest BCUT2D eigenvalue weighted by Gasteiger charge is -2.12. The van der Waals surface area contributed by atoms with Gasteiger partial charge in [-0.25, -0.2) is 0 Å². The molecule has 0 spiro atoms. The van der Waals surface area contributed by atoms with Crippen LogP contribution >= 0.6 is 0 Å². The topological polar surface area (TPSA) is 49.3 Å². The molecule has 3 nitrogen and oxygen atoms in total. The van der Waals surface area contributed by atoms with Gasteiger partial charge >= 0.3 is 0 Å². The minimum absolute atomic E-state index is 0.160. The summed E-state index contributed by atoms with van der Waals surface area (Å²) < 4.78 is 0. The van der Waals surface area contributed by atoms with Gasteiger partial charge in [-0.2, -0.15) is 0 Å². The number of carbonyl (C=O) groups excluding carboxylic acids is 1. The van der Waals surface area contributed by atoms with E-state index in [1.807, 2.05) is 62.4 Å². The maximum absolute atomic E-state index is 12.1. The molecule has 0 bridgehead atoms. The first-order valence-corrected chi connectivity index (χ1v) is 6.66. The maximum Gasteiger partial charge on any atom is 0.251 e. The summed E-state index contributed by atoms with van der Waals surface area (Å²) in [5.74, 6) is -0.160. The third kappa shape index (κ3) is 3.68. The number of hydrogen-bond donors (Lipinski definition) is 2. The Hall–Kier alpha value is -2.13. The van der Waals surface area contributed by atoms with Gasteiger partial charge in [0.1, 0.15) is 0 Å². The number of nitrogens with one attached hydrogen (secondary N) is 1. The van der Waals surface area contributed by atoms with Gasteiger partial charge in [0.15, 0.2) is 0 Å². The van der Waals surface area contributed by atoms with Crippen molar-refractivity contribution in [1.82, 2.24) is 5.32 Å². The number of rotatable bonds is 4. The third-order valence-corrected chi connectivity index (χ3v) is 3.12. The van der Waals surface area contributed by atoms with Crippen molar-refractivity contribution in [3.05, 3.63) is 70.8 Å². The Labute approximate surface area is 119 Å². The highest BCUT2D eigenvalue weighted by molar-refractivity contribution is 5.94. The zero-order valence-corrected chi connectivity index (χ0v) is 11.8. The number of aryl methyl sites for hydroxylation is 2. The van der Waals surface area contributed by atoms with Gasteiger partial charge in [-0.15, -0.1) is 0 Å². The molecule has 104 valence electrons. The van der Waals surface area contributed by atoms with E-state index in [9.17, 15) is 9.90 Å². The van der Waals surface area contributed by atoms with Crippen molar-refractivity contribution in [2.45, 2.75) is 20.0 Å². The normalized spacial score (nSPS) is 11.9. The van der Waals surface area contributed by atoms with Gasteiger partial charge < -0.3 is 10.4 Å². The summed E-state index contributed by atoms with van der Waals surface area (Å²) in [5, 5.41) is 12.8. The van der Waals surface area contributed by atoms with E-state index in [4.69, 9.17) is 0 Å². The number of amides is 1. The minimum Gasteiger partial charge on any atom is -0.387 e. The summed E-state index contributed by atoms with van der Waals surface area (Å²) in [5.41, 5.74) is 3.54. The molecule has 2 aromatic carbocycles. The van der Waals surface area contributed by atoms with Crippen molar-refractivity contribution in [1.29, 1.82) is 0 Å². The van der Waals surface area contributed by atoms with Crippen molar-refractivity contribution in [3.8, 4) is 0 Å². The molecule has 0 saturated carbocycles. The maximum atomic E-state index is 12.1. The average molecular weight is 269 g/mol. The first-order chi connectivity index (χ1) is 9.56. The molecule has 2 rings (SSSR count). The molecule has 0 radical (unpaired) electrons. The second-order valence-electron chi connectivity index (χ2n) is 5.01. The lowest BCUT2D eigenvalue weighted by atomic mass is 10.1. The summed E-state index contributed by atoms with van der Waals surface area (Å²) in [7, 11) is 0. The number of benzene rings is 2. The Morgan fingerprint density at radius 3 is 2.30 bits per heavy atom. The molecule has 20 heavy (non-hydrogen) atoms. The van der Waals surface area contributed by atoms with Crippen LogP contribution in [0.25, 0.3) is 0 Å². The summed E-state index contributed by atoms with van der Waals surface area (Å²) in [4.78, 5) is 12.1. The molecule has 0 heterocycles. The second-order valence-corrected chi connectivity index (χ2v) is 5.01. The Bertz CT molecular complexity index is 573. The summed E-state index contributed by atoms with van der Waals surface area (Å²) >= 11 is 0. The Balaban J connectivity index is 1.98. The highest BCUT2D eigenvalue weighted by atomic mass is 16.3. The van der Waals surface area contributed by atoms with Crippen LogP contribution in [0, 0.1) is 13.8 Å². The van der Waals surface area contributed by atoms with Crippen molar-refractivity contribution in [2.24, 2.45) is 0 Å². The van der Waals surface area contributed by atoms with Crippen LogP contribution in [0.4, 0.5) is 0 Å². The fourth-order valence-corrected chi connectivity index (χ4v) is 2.19. The molecule has 0 unspecified atom stereocenters. The molecule has 0 aliphatic carbocycles. The SMILES string of the molecule is Cc1cc(C)cc(C(=O)NC[C@H](O)c2ccccc2)c1. The summed E-state index contributed by atoms with van der Waals surface area (Å²) in [6.07, 6.45) is -0.689. The van der Waals surface area contributed by atoms with E-state index >= 15 is 0 Å². The number of aliphatic hydroxyl groups is 1. The van der Waals surface area contributed by atoms with Crippen LogP contribution in [0.15, 0.2) is 48.5 Å². The smallest absolute Gasteiger partial charge is 0.251 e. The third-order valence-electron chi connectivity index (χ3n) is 3.12. The zero-order chi connectivity index (χ0) is 14.5. The van der Waals surface area contributed by atoms with Gasteiger partial charge in [0.25, 0.3) is 5.91 Å². The van der Waals surface area contributed by atoms with E-state index in [0.717, 1.165) is 16.7 Å². The quantitative estimate of drug-likeness (QED) is 0.896. The fraction of sp³-hybridized carbons (Fsp3) is 0.235. The molecular formula is C17H19NO2. The van der Waals surface area contributed by atoms with Crippen molar-refractivity contribution in [2.75, 3.05) is 6.54 Å². The summed E-state index contributed by atoms with van der Waals surface area (Å²) in [6.45, 7) is 4.13. The van der Waals surface area contributed by atoms with Crippen LogP contribution in [0.3, 0.4) is 0 Å². The Morgan fingerprint density at radius 1 is 1.10 bits per heavy atom. The monoisotopic (exact) mass is 269 g/mol. The minimum atomic E-state index is -0.689. The first-order valence-electron chi connectivity index (χ1n) is 6.66. The van der Waals surface area contributed by atoms with E-state index in [-0.39, 0.29) is 12.5 Å². The van der Waals surface area contributed by atoms with Crippen LogP contribution in [-0.2, 0) is 0 Å². The zero-order valence-electron chi connectivity index (χ0n) is 11.8. The predicted molar refractivity (Wildman–Crippen MR) is 79.7 cm³/mol. The lowest BCUT2D eigenvalue weighted by Crippen LogP contribution is -2.28. The number of carbonyl (C=O) groups is 1. The van der Waals surface area contributed by atoms with Crippen LogP contribution in [-0.4, -0.2) is 17.6 Å². The van der Waals surface area contributed by atoms with Gasteiger partial charge in [-0.05, 0) is 31.5 Å². The van der Waals surface area contributed by atoms with Crippen LogP contribution in [0.2, 0.25) is 0 Å². The van der Waals surface area contributed by atoms with Crippen molar-refractivity contribution >= 4 is 5.91 Å². The molecular weight excluding hydrogens is 250 g/mol. The molecule has 2 aromatic rings. The van der Waals surface area contributed by atoms with E-state index in [1.54, 1.807) is 0 Å². The molecule has 0 aliphatic rings. The van der Waals surface area contributed by atoms with Crippen molar-refractivity contribution < 1.29 is 9.90 Å². The van der Waals surface area contributed by atoms with Gasteiger partial charge in [-0.1, -0.05) is 47.5 Å². The predicted octanol–water partition coefficient (Wildman–Crippen LogP) is 2.77. The fourth-order valence-electron chi connectivity index (χ4n) is 2.19. The van der Waals surface area contributed by atoms with E-state index in [0.29, 0.717) is 5.56 Å². The lowest BCUT2D eigenvalue weighted by molar-refractivity contribution is 0.0916. The van der Waals surface area contributed by atoms with Gasteiger partial charge in [0, 0.05) is 12.1 Å². The van der Waals surface area contributed by atoms with Crippen LogP contribution in [0.1, 0.15) is 33.2 Å². The molecule has 1 atom stereocenters. The molecule has 3 heteroatoms. The van der Waals surface area contributed by atoms with Crippen molar-refractivity contribution in [3.63, 3.8) is 0 Å². The van der Waals surface area contributed by atoms with Gasteiger partial charge in [0.2, 0.25) is 0 Å². The van der Waals surface area contributed by atoms with Crippen LogP contribution in [0.5, 0.6) is 0 Å². The van der Waals surface area contributed by atoms with Gasteiger partial charge in [-0.3, -0.25) is 4.79 Å². The molecule has 0 aliphatic heterocycles. The Morgan fingerprint density at radius 2 is 1.70 bits per heavy atom. The molecule has 0 fully saturated rings. The number of hydrogen-bond acceptors (Lipinski definition) is 2. The van der Waals surface area contributed by atoms with E-state index in [1.165, 1.54) is 0 Å². The molecule has 1 amide bonds. The first kappa shape index (κ1) is 14.3. The van der Waals surface area contributed by atoms with Crippen LogP contribution < -0.4 is 5.32 Å². The second kappa shape index (κ2) is 6.35. The highest BCUT2D eigenvalue weighted by Crippen LogP contribution is 2.12. The van der Waals surface area contributed by atoms with Gasteiger partial charge in [0.05, 0.1) is 6.10 Å². The number of aliphatic hydroxyl groups excluding tert-OH is 1. The molecule has 2 N–H and O–H groups in total. The largest absolute Gasteiger partial charge is 0.387 e. The molecule has 0 aromatic heterocycles. The Kier molecular flexibility index (Phi) is 4.53. The van der Waals surface area contributed by atoms with E-state index < -0.39 is 6.10 Å². The van der Waals surface area contributed by atoms with E-state index in [2.05, 4.69) is 5.32 Å². The molecule has 0 saturated heterocycles. The standard InChI is InChI=1S/C17H19NO2/c1-12-8-13(2)10-15(9-12)17(20)18-11-16(19)14-6-4-3-5-7-14/h3-10,16,19H,11H2,1-2H3,(H,18,20)/t16-/m0/s1. The summed E-state index contributed by atoms with van der Waals surface area (Å²) in [6, 6.07) is 15.0. The average Bonchev–Trinajstić information content (AvgIpc) is 2.44. The highest BCUT2D eigenvalue weighted by Gasteiger charge is 2.11.